The first kappa shape index (κ1) is 14.7. The first-order valence-corrected chi connectivity index (χ1v) is 7.60. The van der Waals surface area contributed by atoms with E-state index in [0.29, 0.717) is 23.4 Å². The Labute approximate surface area is 110 Å². The van der Waals surface area contributed by atoms with Gasteiger partial charge in [-0.2, -0.15) is 0 Å². The highest BCUT2D eigenvalue weighted by atomic mass is 32.2. The summed E-state index contributed by atoms with van der Waals surface area (Å²) in [4.78, 5) is 12.0. The second-order valence-corrected chi connectivity index (χ2v) is 6.01. The standard InChI is InChI=1S/C13H20N2O2S/c1-9(7-8-18(3)17)15-13(16)11-5-4-6-12(14)10(11)2/h4-6,9H,7-8,14H2,1-3H3,(H,15,16). The van der Waals surface area contributed by atoms with Crippen LogP contribution in [0.5, 0.6) is 0 Å². The number of hydrogen-bond donors (Lipinski definition) is 2. The molecule has 0 bridgehead atoms. The van der Waals surface area contributed by atoms with E-state index in [1.807, 2.05) is 13.8 Å². The zero-order valence-electron chi connectivity index (χ0n) is 11.0. The second kappa shape index (κ2) is 6.54. The van der Waals surface area contributed by atoms with Crippen LogP contribution in [0.2, 0.25) is 0 Å². The second-order valence-electron chi connectivity index (χ2n) is 4.46. The molecule has 0 saturated heterocycles. The molecule has 1 aromatic carbocycles. The smallest absolute Gasteiger partial charge is 0.251 e. The van der Waals surface area contributed by atoms with Crippen molar-refractivity contribution in [1.82, 2.24) is 5.32 Å². The van der Waals surface area contributed by atoms with E-state index >= 15 is 0 Å². The summed E-state index contributed by atoms with van der Waals surface area (Å²) in [6.07, 6.45) is 2.37. The molecule has 0 fully saturated rings. The maximum absolute atomic E-state index is 12.0. The highest BCUT2D eigenvalue weighted by molar-refractivity contribution is 7.84. The molecule has 3 N–H and O–H groups in total. The van der Waals surface area contributed by atoms with Gasteiger partial charge in [0.2, 0.25) is 0 Å². The lowest BCUT2D eigenvalue weighted by Crippen LogP contribution is -2.34. The van der Waals surface area contributed by atoms with Crippen LogP contribution >= 0.6 is 0 Å². The molecule has 100 valence electrons. The number of nitrogens with one attached hydrogen (secondary N) is 1. The Hall–Kier alpha value is -1.36. The molecule has 1 rings (SSSR count). The fourth-order valence-corrected chi connectivity index (χ4v) is 2.30. The van der Waals surface area contributed by atoms with E-state index in [9.17, 15) is 9.00 Å². The lowest BCUT2D eigenvalue weighted by Gasteiger charge is -2.14. The van der Waals surface area contributed by atoms with E-state index in [0.717, 1.165) is 5.56 Å². The molecule has 0 aliphatic rings. The van der Waals surface area contributed by atoms with Crippen molar-refractivity contribution in [2.75, 3.05) is 17.7 Å². The molecule has 2 atom stereocenters. The fraction of sp³-hybridized carbons (Fsp3) is 0.462. The number of nitrogen functional groups attached to an aromatic ring is 1. The monoisotopic (exact) mass is 268 g/mol. The maximum Gasteiger partial charge on any atom is 0.251 e. The van der Waals surface area contributed by atoms with Gasteiger partial charge >= 0.3 is 0 Å². The van der Waals surface area contributed by atoms with Crippen LogP contribution in [0.15, 0.2) is 18.2 Å². The van der Waals surface area contributed by atoms with Crippen molar-refractivity contribution in [3.8, 4) is 0 Å². The van der Waals surface area contributed by atoms with E-state index in [2.05, 4.69) is 5.32 Å². The van der Waals surface area contributed by atoms with Gasteiger partial charge in [0.15, 0.2) is 0 Å². The van der Waals surface area contributed by atoms with Gasteiger partial charge in [-0.1, -0.05) is 6.07 Å². The van der Waals surface area contributed by atoms with Crippen LogP contribution in [0.4, 0.5) is 5.69 Å². The zero-order chi connectivity index (χ0) is 13.7. The Morgan fingerprint density at radius 1 is 1.50 bits per heavy atom. The van der Waals surface area contributed by atoms with Gasteiger partial charge in [0.05, 0.1) is 0 Å². The lowest BCUT2D eigenvalue weighted by molar-refractivity contribution is 0.0939. The minimum Gasteiger partial charge on any atom is -0.398 e. The van der Waals surface area contributed by atoms with Crippen molar-refractivity contribution in [2.24, 2.45) is 0 Å². The van der Waals surface area contributed by atoms with Crippen molar-refractivity contribution in [2.45, 2.75) is 26.3 Å². The number of nitrogens with two attached hydrogens (primary N) is 1. The summed E-state index contributed by atoms with van der Waals surface area (Å²) >= 11 is 0. The normalized spacial score (nSPS) is 13.9. The molecular weight excluding hydrogens is 248 g/mol. The zero-order valence-corrected chi connectivity index (χ0v) is 11.8. The lowest BCUT2D eigenvalue weighted by atomic mass is 10.1. The third kappa shape index (κ3) is 4.14. The van der Waals surface area contributed by atoms with Gasteiger partial charge in [0.25, 0.3) is 5.91 Å². The molecule has 4 nitrogen and oxygen atoms in total. The average Bonchev–Trinajstić information content (AvgIpc) is 2.30. The van der Waals surface area contributed by atoms with Gasteiger partial charge < -0.3 is 11.1 Å². The Morgan fingerprint density at radius 2 is 2.17 bits per heavy atom. The highest BCUT2D eigenvalue weighted by Crippen LogP contribution is 2.15. The molecule has 18 heavy (non-hydrogen) atoms. The van der Waals surface area contributed by atoms with Crippen LogP contribution in [0.25, 0.3) is 0 Å². The van der Waals surface area contributed by atoms with Crippen molar-refractivity contribution in [1.29, 1.82) is 0 Å². The van der Waals surface area contributed by atoms with Crippen LogP contribution in [0, 0.1) is 6.92 Å². The predicted molar refractivity (Wildman–Crippen MR) is 76.1 cm³/mol. The summed E-state index contributed by atoms with van der Waals surface area (Å²) in [5, 5.41) is 2.89. The predicted octanol–water partition coefficient (Wildman–Crippen LogP) is 1.46. The number of carbonyl (C=O) groups excluding carboxylic acids is 1. The molecule has 0 heterocycles. The van der Waals surface area contributed by atoms with Gasteiger partial charge in [-0.25, -0.2) is 0 Å². The van der Waals surface area contributed by atoms with E-state index < -0.39 is 10.8 Å². The summed E-state index contributed by atoms with van der Waals surface area (Å²) < 4.78 is 11.0. The molecule has 5 heteroatoms. The molecule has 0 radical (unpaired) electrons. The van der Waals surface area contributed by atoms with E-state index in [-0.39, 0.29) is 11.9 Å². The fourth-order valence-electron chi connectivity index (χ4n) is 1.62. The topological polar surface area (TPSA) is 72.2 Å². The van der Waals surface area contributed by atoms with Gasteiger partial charge in [0.1, 0.15) is 0 Å². The van der Waals surface area contributed by atoms with Crippen LogP contribution in [-0.4, -0.2) is 28.2 Å². The molecular formula is C13H20N2O2S. The molecule has 0 spiro atoms. The Balaban J connectivity index is 2.65. The summed E-state index contributed by atoms with van der Waals surface area (Å²) in [6.45, 7) is 3.74. The molecule has 1 aromatic rings. The van der Waals surface area contributed by atoms with Crippen molar-refractivity contribution in [3.05, 3.63) is 29.3 Å². The van der Waals surface area contributed by atoms with Crippen molar-refractivity contribution in [3.63, 3.8) is 0 Å². The minimum atomic E-state index is -0.825. The molecule has 0 saturated carbocycles. The summed E-state index contributed by atoms with van der Waals surface area (Å²) in [7, 11) is -0.825. The van der Waals surface area contributed by atoms with Gasteiger partial charge in [-0.05, 0) is 38.0 Å². The van der Waals surface area contributed by atoms with Crippen LogP contribution in [0.1, 0.15) is 29.3 Å². The average molecular weight is 268 g/mol. The van der Waals surface area contributed by atoms with Crippen LogP contribution in [-0.2, 0) is 10.8 Å². The molecule has 1 amide bonds. The number of amides is 1. The van der Waals surface area contributed by atoms with Crippen molar-refractivity contribution >= 4 is 22.4 Å². The third-order valence-electron chi connectivity index (χ3n) is 2.84. The molecule has 0 aliphatic heterocycles. The first-order chi connectivity index (χ1) is 8.41. The van der Waals surface area contributed by atoms with Gasteiger partial charge in [-0.3, -0.25) is 9.00 Å². The SMILES string of the molecule is Cc1c(N)cccc1C(=O)NC(C)CCS(C)=O. The van der Waals surface area contributed by atoms with Crippen molar-refractivity contribution < 1.29 is 9.00 Å². The largest absolute Gasteiger partial charge is 0.398 e. The maximum atomic E-state index is 12.0. The van der Waals surface area contributed by atoms with Gasteiger partial charge in [-0.15, -0.1) is 0 Å². The summed E-state index contributed by atoms with van der Waals surface area (Å²) in [5.74, 6) is 0.464. The minimum absolute atomic E-state index is 0.00207. The first-order valence-electron chi connectivity index (χ1n) is 5.87. The number of anilines is 1. The Bertz CT molecular complexity index is 460. The van der Waals surface area contributed by atoms with Crippen LogP contribution in [0.3, 0.4) is 0 Å². The Kier molecular flexibility index (Phi) is 5.34. The highest BCUT2D eigenvalue weighted by Gasteiger charge is 2.13. The van der Waals surface area contributed by atoms with Gasteiger partial charge in [0, 0.05) is 40.1 Å². The van der Waals surface area contributed by atoms with E-state index in [1.54, 1.807) is 24.5 Å². The van der Waals surface area contributed by atoms with E-state index in [1.165, 1.54) is 0 Å². The third-order valence-corrected chi connectivity index (χ3v) is 3.65. The molecule has 2 unspecified atom stereocenters. The number of carbonyl (C=O) groups is 1. The number of hydrogen-bond acceptors (Lipinski definition) is 3. The van der Waals surface area contributed by atoms with Crippen LogP contribution < -0.4 is 11.1 Å². The molecule has 0 aromatic heterocycles. The molecule has 0 aliphatic carbocycles. The van der Waals surface area contributed by atoms with E-state index in [4.69, 9.17) is 5.73 Å². The Morgan fingerprint density at radius 3 is 2.78 bits per heavy atom. The number of benzene rings is 1. The summed E-state index contributed by atoms with van der Waals surface area (Å²) in [5.41, 5.74) is 7.77. The quantitative estimate of drug-likeness (QED) is 0.794. The number of rotatable bonds is 5. The summed E-state index contributed by atoms with van der Waals surface area (Å²) in [6, 6.07) is 5.30.